The monoisotopic (exact) mass is 300 g/mol. The van der Waals surface area contributed by atoms with Gasteiger partial charge in [-0.2, -0.15) is 0 Å². The van der Waals surface area contributed by atoms with E-state index in [9.17, 15) is 10.1 Å². The number of aromatic nitrogens is 1. The van der Waals surface area contributed by atoms with Crippen molar-refractivity contribution in [3.8, 4) is 17.4 Å². The molecule has 6 nitrogen and oxygen atoms in total. The molecule has 1 aromatic carbocycles. The van der Waals surface area contributed by atoms with Crippen LogP contribution in [-0.4, -0.2) is 16.5 Å². The average molecular weight is 300 g/mol. The van der Waals surface area contributed by atoms with Gasteiger partial charge in [0.2, 0.25) is 5.88 Å². The van der Waals surface area contributed by atoms with Gasteiger partial charge in [-0.1, -0.05) is 19.9 Å². The highest BCUT2D eigenvalue weighted by Crippen LogP contribution is 2.40. The van der Waals surface area contributed by atoms with Gasteiger partial charge in [-0.05, 0) is 18.6 Å². The summed E-state index contributed by atoms with van der Waals surface area (Å²) in [6, 6.07) is 8.50. The highest BCUT2D eigenvalue weighted by atomic mass is 16.6. The van der Waals surface area contributed by atoms with Crippen molar-refractivity contribution in [2.75, 3.05) is 6.61 Å². The lowest BCUT2D eigenvalue weighted by Crippen LogP contribution is -2.29. The van der Waals surface area contributed by atoms with Crippen LogP contribution in [0.4, 0.5) is 5.69 Å². The van der Waals surface area contributed by atoms with E-state index in [4.69, 9.17) is 9.47 Å². The molecule has 0 atom stereocenters. The second kappa shape index (κ2) is 5.29. The number of benzene rings is 1. The quantitative estimate of drug-likeness (QED) is 0.637. The molecule has 2 aromatic rings. The van der Waals surface area contributed by atoms with E-state index in [0.717, 1.165) is 17.7 Å². The summed E-state index contributed by atoms with van der Waals surface area (Å²) >= 11 is 0. The molecule has 0 N–H and O–H groups in total. The van der Waals surface area contributed by atoms with Gasteiger partial charge in [0.25, 0.3) is 5.69 Å². The van der Waals surface area contributed by atoms with Crippen molar-refractivity contribution in [1.82, 2.24) is 4.98 Å². The highest BCUT2D eigenvalue weighted by Gasteiger charge is 2.29. The highest BCUT2D eigenvalue weighted by molar-refractivity contribution is 5.48. The van der Waals surface area contributed by atoms with E-state index in [-0.39, 0.29) is 11.1 Å². The van der Waals surface area contributed by atoms with E-state index < -0.39 is 4.92 Å². The minimum absolute atomic E-state index is 0.0371. The Bertz CT molecular complexity index is 711. The molecule has 6 heteroatoms. The third kappa shape index (κ3) is 2.86. The van der Waals surface area contributed by atoms with E-state index in [1.165, 1.54) is 18.3 Å². The van der Waals surface area contributed by atoms with Gasteiger partial charge in [0.15, 0.2) is 0 Å². The van der Waals surface area contributed by atoms with Crippen molar-refractivity contribution in [3.05, 3.63) is 52.2 Å². The Morgan fingerprint density at radius 3 is 2.82 bits per heavy atom. The van der Waals surface area contributed by atoms with Gasteiger partial charge in [-0.15, -0.1) is 0 Å². The van der Waals surface area contributed by atoms with Gasteiger partial charge >= 0.3 is 0 Å². The summed E-state index contributed by atoms with van der Waals surface area (Å²) in [6.07, 6.45) is 2.02. The molecule has 1 aliphatic heterocycles. The van der Waals surface area contributed by atoms with Crippen LogP contribution in [0, 0.1) is 15.5 Å². The predicted octanol–water partition coefficient (Wildman–Crippen LogP) is 3.74. The first-order chi connectivity index (χ1) is 10.4. The van der Waals surface area contributed by atoms with Gasteiger partial charge in [0, 0.05) is 23.1 Å². The van der Waals surface area contributed by atoms with Crippen LogP contribution in [0.25, 0.3) is 0 Å². The first-order valence-corrected chi connectivity index (χ1v) is 6.98. The first kappa shape index (κ1) is 14.3. The van der Waals surface area contributed by atoms with Crippen LogP contribution in [0.2, 0.25) is 0 Å². The number of fused-ring (bicyclic) bond motifs is 1. The van der Waals surface area contributed by atoms with E-state index in [2.05, 4.69) is 18.8 Å². The summed E-state index contributed by atoms with van der Waals surface area (Å²) in [5.41, 5.74) is 0.973. The summed E-state index contributed by atoms with van der Waals surface area (Å²) in [4.78, 5) is 14.1. The predicted molar refractivity (Wildman–Crippen MR) is 80.4 cm³/mol. The molecular weight excluding hydrogens is 284 g/mol. The van der Waals surface area contributed by atoms with Crippen molar-refractivity contribution in [1.29, 1.82) is 0 Å². The smallest absolute Gasteiger partial charge is 0.287 e. The topological polar surface area (TPSA) is 74.5 Å². The fourth-order valence-electron chi connectivity index (χ4n) is 2.41. The molecule has 0 saturated heterocycles. The Hall–Kier alpha value is -2.63. The van der Waals surface area contributed by atoms with Gasteiger partial charge in [0.05, 0.1) is 11.5 Å². The zero-order valence-electron chi connectivity index (χ0n) is 12.4. The molecule has 0 amide bonds. The standard InChI is InChI=1S/C16H16N2O4/c1-16(2)8-12-13(21-10-16)4-3-5-14(12)22-15-7-6-11(9-17-15)18(19)20/h3-7,9H,8,10H2,1-2H3. The molecular formula is C16H16N2O4. The maximum Gasteiger partial charge on any atom is 0.287 e. The molecule has 0 unspecified atom stereocenters. The van der Waals surface area contributed by atoms with Gasteiger partial charge < -0.3 is 9.47 Å². The molecule has 0 spiro atoms. The van der Waals surface area contributed by atoms with Crippen molar-refractivity contribution >= 4 is 5.69 Å². The van der Waals surface area contributed by atoms with Crippen molar-refractivity contribution in [2.45, 2.75) is 20.3 Å². The maximum atomic E-state index is 10.6. The third-order valence-electron chi connectivity index (χ3n) is 3.51. The maximum absolute atomic E-state index is 10.6. The molecule has 114 valence electrons. The molecule has 2 heterocycles. The lowest BCUT2D eigenvalue weighted by atomic mass is 9.84. The van der Waals surface area contributed by atoms with Gasteiger partial charge in [0.1, 0.15) is 17.7 Å². The van der Waals surface area contributed by atoms with Crippen LogP contribution in [-0.2, 0) is 6.42 Å². The third-order valence-corrected chi connectivity index (χ3v) is 3.51. The van der Waals surface area contributed by atoms with Crippen molar-refractivity contribution < 1.29 is 14.4 Å². The van der Waals surface area contributed by atoms with Crippen molar-refractivity contribution in [3.63, 3.8) is 0 Å². The van der Waals surface area contributed by atoms with Crippen LogP contribution in [0.5, 0.6) is 17.4 Å². The number of hydrogen-bond donors (Lipinski definition) is 0. The van der Waals surface area contributed by atoms with E-state index in [0.29, 0.717) is 18.2 Å². The molecule has 3 rings (SSSR count). The summed E-state index contributed by atoms with van der Waals surface area (Å²) in [5.74, 6) is 1.81. The Balaban J connectivity index is 1.88. The minimum atomic E-state index is -0.489. The molecule has 1 aromatic heterocycles. The number of hydrogen-bond acceptors (Lipinski definition) is 5. The first-order valence-electron chi connectivity index (χ1n) is 6.98. The molecule has 22 heavy (non-hydrogen) atoms. The second-order valence-electron chi connectivity index (χ2n) is 6.08. The van der Waals surface area contributed by atoms with Crippen LogP contribution >= 0.6 is 0 Å². The number of rotatable bonds is 3. The SMILES string of the molecule is CC1(C)COc2cccc(Oc3ccc([N+](=O)[O-])cn3)c2C1. The van der Waals surface area contributed by atoms with Crippen LogP contribution < -0.4 is 9.47 Å². The molecule has 1 aliphatic rings. The van der Waals surface area contributed by atoms with E-state index in [1.807, 2.05) is 18.2 Å². The minimum Gasteiger partial charge on any atom is -0.493 e. The number of ether oxygens (including phenoxy) is 2. The molecule has 0 bridgehead atoms. The number of pyridine rings is 1. The lowest BCUT2D eigenvalue weighted by molar-refractivity contribution is -0.385. The average Bonchev–Trinajstić information content (AvgIpc) is 2.48. The van der Waals surface area contributed by atoms with E-state index >= 15 is 0 Å². The Morgan fingerprint density at radius 2 is 2.14 bits per heavy atom. The largest absolute Gasteiger partial charge is 0.493 e. The molecule has 0 aliphatic carbocycles. The number of nitrogens with zero attached hydrogens (tertiary/aromatic N) is 2. The van der Waals surface area contributed by atoms with Crippen molar-refractivity contribution in [2.24, 2.45) is 5.41 Å². The molecule has 0 radical (unpaired) electrons. The lowest BCUT2D eigenvalue weighted by Gasteiger charge is -2.32. The summed E-state index contributed by atoms with van der Waals surface area (Å²) in [5, 5.41) is 10.6. The van der Waals surface area contributed by atoms with Gasteiger partial charge in [-0.3, -0.25) is 10.1 Å². The zero-order valence-corrected chi connectivity index (χ0v) is 12.4. The summed E-state index contributed by atoms with van der Waals surface area (Å²) < 4.78 is 11.6. The summed E-state index contributed by atoms with van der Waals surface area (Å²) in [6.45, 7) is 4.94. The normalized spacial score (nSPS) is 15.5. The van der Waals surface area contributed by atoms with Gasteiger partial charge in [-0.25, -0.2) is 4.98 Å². The fraction of sp³-hybridized carbons (Fsp3) is 0.312. The second-order valence-corrected chi connectivity index (χ2v) is 6.08. The van der Waals surface area contributed by atoms with Crippen LogP contribution in [0.3, 0.4) is 0 Å². The fourth-order valence-corrected chi connectivity index (χ4v) is 2.41. The zero-order chi connectivity index (χ0) is 15.7. The van der Waals surface area contributed by atoms with Crippen LogP contribution in [0.1, 0.15) is 19.4 Å². The Morgan fingerprint density at radius 1 is 1.32 bits per heavy atom. The number of nitro groups is 1. The van der Waals surface area contributed by atoms with E-state index in [1.54, 1.807) is 0 Å². The van der Waals surface area contributed by atoms with Crippen LogP contribution in [0.15, 0.2) is 36.5 Å². The molecule has 0 fully saturated rings. The summed E-state index contributed by atoms with van der Waals surface area (Å²) in [7, 11) is 0. The Kier molecular flexibility index (Phi) is 3.44. The molecule has 0 saturated carbocycles. The Labute approximate surface area is 127 Å².